The molecule has 9 nitrogen and oxygen atoms in total. The van der Waals surface area contributed by atoms with Crippen LogP contribution in [0.4, 0.5) is 0 Å². The van der Waals surface area contributed by atoms with Gasteiger partial charge in [0.15, 0.2) is 5.78 Å². The SMILES string of the molecule is CO[C@]1(C)C[C@@H](C)CN(C)CCN(C(=O)CN(C)C)CCCOC(=O)C(C)(C)C(=O)[C@H](C)[C@H]1O. The highest BCUT2D eigenvalue weighted by Crippen LogP contribution is 2.33. The van der Waals surface area contributed by atoms with Crippen molar-refractivity contribution in [3.05, 3.63) is 0 Å². The number of hydrogen-bond acceptors (Lipinski definition) is 8. The molecule has 1 N–H and O–H groups in total. The number of cyclic esters (lactones) is 1. The molecular weight excluding hydrogens is 438 g/mol. The molecule has 0 aromatic rings. The van der Waals surface area contributed by atoms with Gasteiger partial charge >= 0.3 is 5.97 Å². The number of likely N-dealkylation sites (N-methyl/N-ethyl adjacent to an activating group) is 2. The molecule has 1 rings (SSSR count). The van der Waals surface area contributed by atoms with E-state index >= 15 is 0 Å². The van der Waals surface area contributed by atoms with Crippen LogP contribution in [-0.4, -0.2) is 117 Å². The van der Waals surface area contributed by atoms with Crippen molar-refractivity contribution in [1.29, 1.82) is 0 Å². The summed E-state index contributed by atoms with van der Waals surface area (Å²) in [5.41, 5.74) is -2.37. The Morgan fingerprint density at radius 2 is 1.79 bits per heavy atom. The van der Waals surface area contributed by atoms with E-state index in [2.05, 4.69) is 11.8 Å². The molecule has 9 heteroatoms. The van der Waals surface area contributed by atoms with Gasteiger partial charge in [-0.3, -0.25) is 14.4 Å². The number of aliphatic hydroxyl groups is 1. The number of nitrogens with zero attached hydrogens (tertiary/aromatic N) is 3. The Morgan fingerprint density at radius 3 is 2.35 bits per heavy atom. The maximum atomic E-state index is 13.2. The Labute approximate surface area is 205 Å². The topological polar surface area (TPSA) is 99.6 Å². The molecule has 0 radical (unpaired) electrons. The van der Waals surface area contributed by atoms with Crippen molar-refractivity contribution in [2.45, 2.75) is 59.2 Å². The number of carbonyl (C=O) groups excluding carboxylic acids is 3. The maximum Gasteiger partial charge on any atom is 0.319 e. The van der Waals surface area contributed by atoms with Crippen LogP contribution in [0.15, 0.2) is 0 Å². The van der Waals surface area contributed by atoms with Crippen LogP contribution in [0.3, 0.4) is 0 Å². The van der Waals surface area contributed by atoms with Crippen LogP contribution >= 0.6 is 0 Å². The van der Waals surface area contributed by atoms with Crippen molar-refractivity contribution >= 4 is 17.7 Å². The second-order valence-corrected chi connectivity index (χ2v) is 10.9. The Balaban J connectivity index is 3.18. The van der Waals surface area contributed by atoms with Crippen molar-refractivity contribution in [2.75, 3.05) is 67.6 Å². The number of ether oxygens (including phenoxy) is 2. The number of esters is 1. The van der Waals surface area contributed by atoms with E-state index in [-0.39, 0.29) is 24.2 Å². The van der Waals surface area contributed by atoms with E-state index in [9.17, 15) is 19.5 Å². The van der Waals surface area contributed by atoms with E-state index in [1.54, 1.807) is 18.7 Å². The summed E-state index contributed by atoms with van der Waals surface area (Å²) in [7, 11) is 7.26. The van der Waals surface area contributed by atoms with E-state index in [0.29, 0.717) is 39.0 Å². The summed E-state index contributed by atoms with van der Waals surface area (Å²) >= 11 is 0. The van der Waals surface area contributed by atoms with Crippen LogP contribution in [0.5, 0.6) is 0 Å². The first-order valence-electron chi connectivity index (χ1n) is 12.2. The van der Waals surface area contributed by atoms with Crippen molar-refractivity contribution < 1.29 is 29.0 Å². The molecule has 1 saturated heterocycles. The first-order valence-corrected chi connectivity index (χ1v) is 12.2. The lowest BCUT2D eigenvalue weighted by Gasteiger charge is -2.39. The van der Waals surface area contributed by atoms with Crippen molar-refractivity contribution in [3.63, 3.8) is 0 Å². The minimum atomic E-state index is -1.41. The number of amides is 1. The van der Waals surface area contributed by atoms with Crippen LogP contribution in [0.25, 0.3) is 0 Å². The molecule has 1 aliphatic heterocycles. The smallest absolute Gasteiger partial charge is 0.319 e. The van der Waals surface area contributed by atoms with Gasteiger partial charge in [0.05, 0.1) is 24.9 Å². The third-order valence-corrected chi connectivity index (χ3v) is 6.84. The molecule has 1 amide bonds. The summed E-state index contributed by atoms with van der Waals surface area (Å²) in [5, 5.41) is 11.1. The molecule has 0 spiro atoms. The van der Waals surface area contributed by atoms with Crippen molar-refractivity contribution in [2.24, 2.45) is 17.3 Å². The standard InChI is InChI=1S/C25H47N3O6/c1-18-15-25(5,33-9)22(31)19(2)21(30)24(3,4)23(32)34-14-10-11-28(13-12-27(8)16-18)20(29)17-26(6)7/h18-19,22,31H,10-17H2,1-9H3/t18-,19+,22-,25-/m1/s1. The molecule has 34 heavy (non-hydrogen) atoms. The molecule has 0 aromatic carbocycles. The van der Waals surface area contributed by atoms with Crippen LogP contribution in [0.2, 0.25) is 0 Å². The van der Waals surface area contributed by atoms with Gasteiger partial charge in [0.2, 0.25) is 5.91 Å². The molecule has 0 unspecified atom stereocenters. The molecule has 0 aromatic heterocycles. The predicted molar refractivity (Wildman–Crippen MR) is 131 cm³/mol. The normalized spacial score (nSPS) is 31.3. The van der Waals surface area contributed by atoms with Gasteiger partial charge in [-0.15, -0.1) is 0 Å². The van der Waals surface area contributed by atoms with Gasteiger partial charge in [-0.25, -0.2) is 0 Å². The number of Topliss-reactive ketones (excluding diaryl/α,β-unsaturated/α-hetero) is 1. The fourth-order valence-corrected chi connectivity index (χ4v) is 4.67. The summed E-state index contributed by atoms with van der Waals surface area (Å²) in [4.78, 5) is 44.6. The fraction of sp³-hybridized carbons (Fsp3) is 0.880. The third-order valence-electron chi connectivity index (χ3n) is 6.84. The zero-order valence-electron chi connectivity index (χ0n) is 22.7. The second-order valence-electron chi connectivity index (χ2n) is 10.9. The largest absolute Gasteiger partial charge is 0.465 e. The average Bonchev–Trinajstić information content (AvgIpc) is 2.75. The Bertz CT molecular complexity index is 698. The summed E-state index contributed by atoms with van der Waals surface area (Å²) in [6, 6.07) is 0. The van der Waals surface area contributed by atoms with Crippen molar-refractivity contribution in [1.82, 2.24) is 14.7 Å². The van der Waals surface area contributed by atoms with Gasteiger partial charge in [0, 0.05) is 39.2 Å². The van der Waals surface area contributed by atoms with Gasteiger partial charge in [0.25, 0.3) is 0 Å². The van der Waals surface area contributed by atoms with Crippen LogP contribution in [-0.2, 0) is 23.9 Å². The molecule has 0 aliphatic carbocycles. The number of carbonyl (C=O) groups is 3. The number of hydrogen-bond donors (Lipinski definition) is 1. The quantitative estimate of drug-likeness (QED) is 0.471. The number of aliphatic hydroxyl groups excluding tert-OH is 1. The molecule has 4 atom stereocenters. The van der Waals surface area contributed by atoms with Gasteiger partial charge in [-0.05, 0) is 60.7 Å². The third kappa shape index (κ3) is 8.29. The van der Waals surface area contributed by atoms with E-state index in [1.807, 2.05) is 26.0 Å². The number of rotatable bonds is 3. The molecule has 1 aliphatic rings. The lowest BCUT2D eigenvalue weighted by molar-refractivity contribution is -0.165. The summed E-state index contributed by atoms with van der Waals surface area (Å²) in [6.07, 6.45) is -0.0737. The molecule has 1 fully saturated rings. The lowest BCUT2D eigenvalue weighted by atomic mass is 9.74. The Kier molecular flexibility index (Phi) is 11.6. The number of methoxy groups -OCH3 is 1. The van der Waals surface area contributed by atoms with Gasteiger partial charge in [-0.2, -0.15) is 0 Å². The highest BCUT2D eigenvalue weighted by atomic mass is 16.5. The van der Waals surface area contributed by atoms with Crippen LogP contribution in [0, 0.1) is 17.3 Å². The van der Waals surface area contributed by atoms with E-state index in [4.69, 9.17) is 9.47 Å². The molecular formula is C25H47N3O6. The van der Waals surface area contributed by atoms with E-state index in [0.717, 1.165) is 6.54 Å². The highest BCUT2D eigenvalue weighted by molar-refractivity contribution is 6.04. The first-order chi connectivity index (χ1) is 15.7. The summed E-state index contributed by atoms with van der Waals surface area (Å²) in [5.74, 6) is -1.64. The molecule has 1 heterocycles. The number of ketones is 1. The Morgan fingerprint density at radius 1 is 1.18 bits per heavy atom. The Hall–Kier alpha value is -1.55. The van der Waals surface area contributed by atoms with Crippen LogP contribution in [0.1, 0.15) is 47.5 Å². The predicted octanol–water partition coefficient (Wildman–Crippen LogP) is 1.28. The molecule has 0 bridgehead atoms. The second kappa shape index (κ2) is 13.0. The van der Waals surface area contributed by atoms with Crippen molar-refractivity contribution in [3.8, 4) is 0 Å². The van der Waals surface area contributed by atoms with E-state index < -0.39 is 29.0 Å². The fourth-order valence-electron chi connectivity index (χ4n) is 4.67. The monoisotopic (exact) mass is 485 g/mol. The zero-order chi connectivity index (χ0) is 26.3. The van der Waals surface area contributed by atoms with Crippen LogP contribution < -0.4 is 0 Å². The lowest BCUT2D eigenvalue weighted by Crippen LogP contribution is -2.52. The highest BCUT2D eigenvalue weighted by Gasteiger charge is 2.47. The minimum Gasteiger partial charge on any atom is -0.465 e. The van der Waals surface area contributed by atoms with E-state index in [1.165, 1.54) is 21.0 Å². The summed E-state index contributed by atoms with van der Waals surface area (Å²) < 4.78 is 11.2. The zero-order valence-corrected chi connectivity index (χ0v) is 22.7. The molecule has 0 saturated carbocycles. The van der Waals surface area contributed by atoms with Gasteiger partial charge in [0.1, 0.15) is 5.41 Å². The van der Waals surface area contributed by atoms with Gasteiger partial charge < -0.3 is 29.3 Å². The summed E-state index contributed by atoms with van der Waals surface area (Å²) in [6.45, 7) is 11.5. The molecule has 198 valence electrons. The van der Waals surface area contributed by atoms with Gasteiger partial charge in [-0.1, -0.05) is 13.8 Å². The maximum absolute atomic E-state index is 13.2. The first kappa shape index (κ1) is 30.5. The minimum absolute atomic E-state index is 0.0232. The average molecular weight is 486 g/mol.